The SMILES string of the molecule is COc1ccc(Cl)cc1C(=O)NCc1ccc(Cn2cncn2)cc1. The topological polar surface area (TPSA) is 69.0 Å². The molecule has 1 N–H and O–H groups in total. The first-order valence-corrected chi connectivity index (χ1v) is 8.05. The zero-order valence-corrected chi connectivity index (χ0v) is 14.4. The highest BCUT2D eigenvalue weighted by molar-refractivity contribution is 6.31. The van der Waals surface area contributed by atoms with Crippen LogP contribution in [0.3, 0.4) is 0 Å². The maximum absolute atomic E-state index is 12.4. The van der Waals surface area contributed by atoms with Crippen molar-refractivity contribution >= 4 is 17.5 Å². The number of ether oxygens (including phenoxy) is 1. The average molecular weight is 357 g/mol. The van der Waals surface area contributed by atoms with Crippen molar-refractivity contribution in [1.29, 1.82) is 0 Å². The number of nitrogens with one attached hydrogen (secondary N) is 1. The van der Waals surface area contributed by atoms with E-state index in [0.29, 0.717) is 29.4 Å². The second kappa shape index (κ2) is 7.81. The summed E-state index contributed by atoms with van der Waals surface area (Å²) in [6, 6.07) is 12.9. The third-order valence-electron chi connectivity index (χ3n) is 3.69. The molecule has 1 heterocycles. The van der Waals surface area contributed by atoms with Crippen molar-refractivity contribution < 1.29 is 9.53 Å². The molecule has 3 aromatic rings. The van der Waals surface area contributed by atoms with Crippen molar-refractivity contribution in [2.45, 2.75) is 13.1 Å². The standard InChI is InChI=1S/C18H17ClN4O2/c1-25-17-7-6-15(19)8-16(17)18(24)21-9-13-2-4-14(5-3-13)10-23-12-20-11-22-23/h2-8,11-12H,9-10H2,1H3,(H,21,24). The number of carbonyl (C=O) groups is 1. The summed E-state index contributed by atoms with van der Waals surface area (Å²) in [6.07, 6.45) is 3.18. The molecule has 0 bridgehead atoms. The second-order valence-electron chi connectivity index (χ2n) is 5.44. The van der Waals surface area contributed by atoms with Gasteiger partial charge in [0.1, 0.15) is 18.4 Å². The Labute approximate surface area is 150 Å². The van der Waals surface area contributed by atoms with Gasteiger partial charge in [-0.15, -0.1) is 0 Å². The Morgan fingerprint density at radius 3 is 2.64 bits per heavy atom. The fourth-order valence-electron chi connectivity index (χ4n) is 2.40. The molecule has 25 heavy (non-hydrogen) atoms. The van der Waals surface area contributed by atoms with Gasteiger partial charge in [-0.25, -0.2) is 9.67 Å². The molecular formula is C18H17ClN4O2. The molecule has 0 radical (unpaired) electrons. The summed E-state index contributed by atoms with van der Waals surface area (Å²) in [5.74, 6) is 0.260. The number of hydrogen-bond acceptors (Lipinski definition) is 4. The molecule has 0 spiro atoms. The number of carbonyl (C=O) groups excluding carboxylic acids is 1. The summed E-state index contributed by atoms with van der Waals surface area (Å²) >= 11 is 5.96. The fraction of sp³-hybridized carbons (Fsp3) is 0.167. The van der Waals surface area contributed by atoms with Gasteiger partial charge >= 0.3 is 0 Å². The number of benzene rings is 2. The normalized spacial score (nSPS) is 10.5. The van der Waals surface area contributed by atoms with Crippen LogP contribution < -0.4 is 10.1 Å². The van der Waals surface area contributed by atoms with Gasteiger partial charge in [-0.2, -0.15) is 5.10 Å². The predicted octanol–water partition coefficient (Wildman–Crippen LogP) is 2.92. The Bertz CT molecular complexity index is 848. The van der Waals surface area contributed by atoms with E-state index in [-0.39, 0.29) is 5.91 Å². The van der Waals surface area contributed by atoms with Crippen molar-refractivity contribution in [3.05, 3.63) is 76.8 Å². The van der Waals surface area contributed by atoms with Crippen LogP contribution in [0.4, 0.5) is 0 Å². The first kappa shape index (κ1) is 17.0. The maximum Gasteiger partial charge on any atom is 0.255 e. The first-order chi connectivity index (χ1) is 12.2. The van der Waals surface area contributed by atoms with Gasteiger partial charge in [0.05, 0.1) is 19.2 Å². The quantitative estimate of drug-likeness (QED) is 0.737. The minimum atomic E-state index is -0.231. The predicted molar refractivity (Wildman–Crippen MR) is 94.7 cm³/mol. The molecule has 2 aromatic carbocycles. The van der Waals surface area contributed by atoms with Crippen LogP contribution in [0.2, 0.25) is 5.02 Å². The summed E-state index contributed by atoms with van der Waals surface area (Å²) in [6.45, 7) is 1.07. The number of amides is 1. The molecule has 0 saturated carbocycles. The third-order valence-corrected chi connectivity index (χ3v) is 3.93. The summed E-state index contributed by atoms with van der Waals surface area (Å²) in [5, 5.41) is 7.44. The minimum absolute atomic E-state index is 0.231. The lowest BCUT2D eigenvalue weighted by atomic mass is 10.1. The smallest absolute Gasteiger partial charge is 0.255 e. The van der Waals surface area contributed by atoms with Gasteiger partial charge in [-0.3, -0.25) is 4.79 Å². The van der Waals surface area contributed by atoms with E-state index in [9.17, 15) is 4.79 Å². The van der Waals surface area contributed by atoms with E-state index in [1.807, 2.05) is 24.3 Å². The molecule has 0 atom stereocenters. The Balaban J connectivity index is 1.61. The molecule has 0 aliphatic heterocycles. The molecule has 0 saturated heterocycles. The summed E-state index contributed by atoms with van der Waals surface area (Å²) in [4.78, 5) is 16.3. The molecule has 1 amide bonds. The van der Waals surface area contributed by atoms with E-state index in [2.05, 4.69) is 15.4 Å². The number of nitrogens with zero attached hydrogens (tertiary/aromatic N) is 3. The lowest BCUT2D eigenvalue weighted by Crippen LogP contribution is -2.23. The number of hydrogen-bond donors (Lipinski definition) is 1. The Morgan fingerprint density at radius 1 is 1.20 bits per heavy atom. The maximum atomic E-state index is 12.4. The monoisotopic (exact) mass is 356 g/mol. The van der Waals surface area contributed by atoms with Crippen molar-refractivity contribution in [3.63, 3.8) is 0 Å². The zero-order valence-electron chi connectivity index (χ0n) is 13.6. The summed E-state index contributed by atoms with van der Waals surface area (Å²) < 4.78 is 6.96. The highest BCUT2D eigenvalue weighted by Gasteiger charge is 2.12. The number of halogens is 1. The minimum Gasteiger partial charge on any atom is -0.496 e. The van der Waals surface area contributed by atoms with E-state index in [0.717, 1.165) is 11.1 Å². The lowest BCUT2D eigenvalue weighted by molar-refractivity contribution is 0.0948. The molecule has 7 heteroatoms. The molecule has 6 nitrogen and oxygen atoms in total. The molecule has 1 aromatic heterocycles. The van der Waals surface area contributed by atoms with Crippen LogP contribution in [0.25, 0.3) is 0 Å². The third kappa shape index (κ3) is 4.36. The largest absolute Gasteiger partial charge is 0.496 e. The average Bonchev–Trinajstić information content (AvgIpc) is 3.14. The highest BCUT2D eigenvalue weighted by atomic mass is 35.5. The molecule has 0 unspecified atom stereocenters. The highest BCUT2D eigenvalue weighted by Crippen LogP contribution is 2.22. The fourth-order valence-corrected chi connectivity index (χ4v) is 2.57. The van der Waals surface area contributed by atoms with E-state index in [1.165, 1.54) is 13.4 Å². The van der Waals surface area contributed by atoms with Crippen LogP contribution in [-0.2, 0) is 13.1 Å². The van der Waals surface area contributed by atoms with Crippen LogP contribution >= 0.6 is 11.6 Å². The first-order valence-electron chi connectivity index (χ1n) is 7.67. The van der Waals surface area contributed by atoms with Gasteiger partial charge in [0, 0.05) is 11.6 Å². The van der Waals surface area contributed by atoms with E-state index in [1.54, 1.807) is 29.2 Å². The molecule has 0 fully saturated rings. The number of rotatable bonds is 6. The molecule has 3 rings (SSSR count). The van der Waals surface area contributed by atoms with Crippen LogP contribution in [0.5, 0.6) is 5.75 Å². The summed E-state index contributed by atoms with van der Waals surface area (Å²) in [5.41, 5.74) is 2.52. The summed E-state index contributed by atoms with van der Waals surface area (Å²) in [7, 11) is 1.52. The van der Waals surface area contributed by atoms with E-state index in [4.69, 9.17) is 16.3 Å². The Morgan fingerprint density at radius 2 is 1.96 bits per heavy atom. The van der Waals surface area contributed by atoms with Crippen LogP contribution in [-0.4, -0.2) is 27.8 Å². The van der Waals surface area contributed by atoms with Gasteiger partial charge in [0.25, 0.3) is 5.91 Å². The van der Waals surface area contributed by atoms with E-state index >= 15 is 0 Å². The van der Waals surface area contributed by atoms with Crippen LogP contribution in [0.1, 0.15) is 21.5 Å². The Kier molecular flexibility index (Phi) is 5.30. The number of methoxy groups -OCH3 is 1. The van der Waals surface area contributed by atoms with Crippen LogP contribution in [0, 0.1) is 0 Å². The van der Waals surface area contributed by atoms with Crippen molar-refractivity contribution in [2.24, 2.45) is 0 Å². The van der Waals surface area contributed by atoms with Crippen molar-refractivity contribution in [2.75, 3.05) is 7.11 Å². The van der Waals surface area contributed by atoms with Crippen molar-refractivity contribution in [3.8, 4) is 5.75 Å². The number of aromatic nitrogens is 3. The second-order valence-corrected chi connectivity index (χ2v) is 5.87. The molecular weight excluding hydrogens is 340 g/mol. The molecule has 128 valence electrons. The van der Waals surface area contributed by atoms with Gasteiger partial charge in [0.15, 0.2) is 0 Å². The lowest BCUT2D eigenvalue weighted by Gasteiger charge is -2.10. The molecule has 0 aliphatic carbocycles. The molecule has 0 aliphatic rings. The van der Waals surface area contributed by atoms with Gasteiger partial charge < -0.3 is 10.1 Å². The van der Waals surface area contributed by atoms with Gasteiger partial charge in [0.2, 0.25) is 0 Å². The Hall–Kier alpha value is -2.86. The van der Waals surface area contributed by atoms with E-state index < -0.39 is 0 Å². The van der Waals surface area contributed by atoms with Crippen molar-refractivity contribution in [1.82, 2.24) is 20.1 Å². The van der Waals surface area contributed by atoms with Gasteiger partial charge in [-0.05, 0) is 29.3 Å². The zero-order chi connectivity index (χ0) is 17.6. The van der Waals surface area contributed by atoms with Gasteiger partial charge in [-0.1, -0.05) is 35.9 Å². The van der Waals surface area contributed by atoms with Crippen LogP contribution in [0.15, 0.2) is 55.1 Å².